The molecule has 1 aromatic carbocycles. The van der Waals surface area contributed by atoms with Crippen LogP contribution in [0.1, 0.15) is 74.9 Å². The Bertz CT molecular complexity index is 894. The molecule has 0 aliphatic carbocycles. The van der Waals surface area contributed by atoms with Crippen LogP contribution in [0.25, 0.3) is 17.2 Å². The summed E-state index contributed by atoms with van der Waals surface area (Å²) < 4.78 is 19.2. The van der Waals surface area contributed by atoms with E-state index in [-0.39, 0.29) is 37.1 Å². The normalized spacial score (nSPS) is 14.0. The second-order valence-electron chi connectivity index (χ2n) is 8.73. The molecule has 2 aromatic rings. The first kappa shape index (κ1) is 26.1. The van der Waals surface area contributed by atoms with E-state index in [9.17, 15) is 14.6 Å². The van der Waals surface area contributed by atoms with E-state index in [0.29, 0.717) is 6.61 Å². The third kappa shape index (κ3) is 6.69. The molecule has 5 nitrogen and oxygen atoms in total. The van der Waals surface area contributed by atoms with Crippen molar-refractivity contribution in [2.24, 2.45) is 0 Å². The van der Waals surface area contributed by atoms with Crippen LogP contribution in [0.5, 0.6) is 0 Å². The highest BCUT2D eigenvalue weighted by Gasteiger charge is 2.23. The second-order valence-corrected chi connectivity index (χ2v) is 8.73. The Morgan fingerprint density at radius 3 is 2.19 bits per heavy atom. The van der Waals surface area contributed by atoms with Gasteiger partial charge >= 0.3 is 0 Å². The monoisotopic (exact) mass is 445 g/mol. The first-order chi connectivity index (χ1) is 15.2. The number of ether oxygens (including phenoxy) is 1. The summed E-state index contributed by atoms with van der Waals surface area (Å²) in [7, 11) is 1.64. The Morgan fingerprint density at radius 2 is 1.66 bits per heavy atom. The number of aromatic nitrogens is 1. The Labute approximate surface area is 190 Å². The first-order valence-electron chi connectivity index (χ1n) is 11.2. The quantitative estimate of drug-likeness (QED) is 0.463. The molecule has 0 radical (unpaired) electrons. The van der Waals surface area contributed by atoms with E-state index in [1.54, 1.807) is 25.3 Å². The summed E-state index contributed by atoms with van der Waals surface area (Å²) >= 11 is 0. The lowest BCUT2D eigenvalue weighted by molar-refractivity contribution is 0.0827. The molecule has 1 unspecified atom stereocenters. The predicted molar refractivity (Wildman–Crippen MR) is 126 cm³/mol. The van der Waals surface area contributed by atoms with Crippen LogP contribution in [-0.2, 0) is 11.3 Å². The van der Waals surface area contributed by atoms with Gasteiger partial charge in [0.25, 0.3) is 0 Å². The molecule has 0 saturated carbocycles. The molecule has 0 spiro atoms. The topological polar surface area (TPSA) is 82.8 Å². The number of aliphatic hydroxyl groups excluding tert-OH is 3. The van der Waals surface area contributed by atoms with Crippen LogP contribution in [0.15, 0.2) is 30.3 Å². The molecular formula is C26H36FNO4. The van der Waals surface area contributed by atoms with Crippen molar-refractivity contribution in [1.82, 2.24) is 4.98 Å². The van der Waals surface area contributed by atoms with Crippen LogP contribution in [0.2, 0.25) is 0 Å². The molecule has 0 saturated heterocycles. The van der Waals surface area contributed by atoms with Crippen molar-refractivity contribution < 1.29 is 24.4 Å². The van der Waals surface area contributed by atoms with E-state index in [2.05, 4.69) is 27.7 Å². The Morgan fingerprint density at radius 1 is 1.03 bits per heavy atom. The van der Waals surface area contributed by atoms with Crippen molar-refractivity contribution in [1.29, 1.82) is 0 Å². The lowest BCUT2D eigenvalue weighted by Crippen LogP contribution is -2.17. The van der Waals surface area contributed by atoms with Crippen molar-refractivity contribution in [3.05, 3.63) is 58.7 Å². The molecule has 0 fully saturated rings. The summed E-state index contributed by atoms with van der Waals surface area (Å²) in [6.07, 6.45) is 2.15. The molecule has 0 bridgehead atoms. The van der Waals surface area contributed by atoms with Crippen LogP contribution >= 0.6 is 0 Å². The minimum absolute atomic E-state index is 0.111. The van der Waals surface area contributed by atoms with E-state index < -0.39 is 12.2 Å². The van der Waals surface area contributed by atoms with Crippen LogP contribution in [0.4, 0.5) is 4.39 Å². The van der Waals surface area contributed by atoms with E-state index in [1.165, 1.54) is 12.1 Å². The smallest absolute Gasteiger partial charge is 0.123 e. The third-order valence-corrected chi connectivity index (χ3v) is 5.37. The van der Waals surface area contributed by atoms with E-state index in [4.69, 9.17) is 14.8 Å². The molecule has 0 amide bonds. The zero-order chi connectivity index (χ0) is 23.8. The maximum absolute atomic E-state index is 13.7. The molecule has 1 heterocycles. The van der Waals surface area contributed by atoms with Gasteiger partial charge in [0.2, 0.25) is 0 Å². The first-order valence-corrected chi connectivity index (χ1v) is 11.2. The number of aliphatic hydroxyl groups is 3. The number of benzene rings is 1. The molecule has 0 aliphatic heterocycles. The predicted octanol–water partition coefficient (Wildman–Crippen LogP) is 4.79. The van der Waals surface area contributed by atoms with Crippen molar-refractivity contribution in [2.75, 3.05) is 13.7 Å². The number of nitrogens with zero attached hydrogens (tertiary/aromatic N) is 1. The number of hydrogen-bond donors (Lipinski definition) is 3. The fourth-order valence-electron chi connectivity index (χ4n) is 3.83. The van der Waals surface area contributed by atoms with Crippen molar-refractivity contribution in [2.45, 2.75) is 71.2 Å². The Kier molecular flexibility index (Phi) is 9.97. The molecule has 3 N–H and O–H groups in total. The highest BCUT2D eigenvalue weighted by molar-refractivity contribution is 5.80. The van der Waals surface area contributed by atoms with E-state index in [0.717, 1.165) is 33.6 Å². The third-order valence-electron chi connectivity index (χ3n) is 5.37. The number of methoxy groups -OCH3 is 1. The van der Waals surface area contributed by atoms with Crippen molar-refractivity contribution in [3.63, 3.8) is 0 Å². The number of hydrogen-bond acceptors (Lipinski definition) is 5. The fraction of sp³-hybridized carbons (Fsp3) is 0.500. The molecule has 0 aliphatic rings. The number of halogens is 1. The molecule has 176 valence electrons. The summed E-state index contributed by atoms with van der Waals surface area (Å²) in [6, 6.07) is 6.36. The zero-order valence-corrected chi connectivity index (χ0v) is 19.7. The van der Waals surface area contributed by atoms with Crippen LogP contribution in [0, 0.1) is 5.82 Å². The van der Waals surface area contributed by atoms with Gasteiger partial charge in [-0.15, -0.1) is 0 Å². The lowest BCUT2D eigenvalue weighted by atomic mass is 9.87. The standard InChI is InChI=1S/C26H36FNO4/c1-16(2)25-22(11-10-20(30)14-21(31)12-13-29)24(18-6-8-19(27)9-7-18)23(15-32-5)26(28-25)17(3)4/h6-11,16-17,20-21,29-31H,12-15H2,1-5H3/b11-10+/t20-,21?/m1/s1. The average molecular weight is 446 g/mol. The van der Waals surface area contributed by atoms with Gasteiger partial charge in [0.05, 0.1) is 24.5 Å². The van der Waals surface area contributed by atoms with Gasteiger partial charge in [0.1, 0.15) is 5.82 Å². The summed E-state index contributed by atoms with van der Waals surface area (Å²) in [5.41, 5.74) is 5.36. The maximum atomic E-state index is 13.7. The fourth-order valence-corrected chi connectivity index (χ4v) is 3.83. The van der Waals surface area contributed by atoms with Gasteiger partial charge in [-0.05, 0) is 41.5 Å². The lowest BCUT2D eigenvalue weighted by Gasteiger charge is -2.23. The molecule has 2 atom stereocenters. The molecule has 2 rings (SSSR count). The highest BCUT2D eigenvalue weighted by Crippen LogP contribution is 2.37. The molecular weight excluding hydrogens is 409 g/mol. The minimum Gasteiger partial charge on any atom is -0.396 e. The van der Waals surface area contributed by atoms with Crippen molar-refractivity contribution in [3.8, 4) is 11.1 Å². The van der Waals surface area contributed by atoms with Gasteiger partial charge in [-0.2, -0.15) is 0 Å². The van der Waals surface area contributed by atoms with Crippen molar-refractivity contribution >= 4 is 6.08 Å². The maximum Gasteiger partial charge on any atom is 0.123 e. The van der Waals surface area contributed by atoms with Gasteiger partial charge < -0.3 is 20.1 Å². The Balaban J connectivity index is 2.72. The molecule has 32 heavy (non-hydrogen) atoms. The van der Waals surface area contributed by atoms with Gasteiger partial charge in [0, 0.05) is 37.0 Å². The van der Waals surface area contributed by atoms with E-state index in [1.807, 2.05) is 6.08 Å². The van der Waals surface area contributed by atoms with Gasteiger partial charge in [-0.1, -0.05) is 52.0 Å². The van der Waals surface area contributed by atoms with Gasteiger partial charge in [-0.25, -0.2) is 4.39 Å². The van der Waals surface area contributed by atoms with E-state index >= 15 is 0 Å². The van der Waals surface area contributed by atoms with Gasteiger partial charge in [-0.3, -0.25) is 4.98 Å². The summed E-state index contributed by atoms with van der Waals surface area (Å²) in [6.45, 7) is 8.52. The van der Waals surface area contributed by atoms with Gasteiger partial charge in [0.15, 0.2) is 0 Å². The minimum atomic E-state index is -0.881. The summed E-state index contributed by atoms with van der Waals surface area (Å²) in [5.74, 6) is -0.0381. The summed E-state index contributed by atoms with van der Waals surface area (Å²) in [4.78, 5) is 4.99. The average Bonchev–Trinajstić information content (AvgIpc) is 2.72. The number of pyridine rings is 1. The van der Waals surface area contributed by atoms with Crippen LogP contribution in [0.3, 0.4) is 0 Å². The summed E-state index contributed by atoms with van der Waals surface area (Å²) in [5, 5.41) is 29.3. The Hall–Kier alpha value is -2.12. The zero-order valence-electron chi connectivity index (χ0n) is 19.7. The molecule has 1 aromatic heterocycles. The molecule has 6 heteroatoms. The second kappa shape index (κ2) is 12.2. The highest BCUT2D eigenvalue weighted by atomic mass is 19.1. The van der Waals surface area contributed by atoms with Crippen LogP contribution in [-0.4, -0.2) is 46.2 Å². The number of rotatable bonds is 11. The SMILES string of the molecule is COCc1c(C(C)C)nc(C(C)C)c(/C=C/[C@@H](O)CC(O)CCO)c1-c1ccc(F)cc1. The largest absolute Gasteiger partial charge is 0.396 e. The van der Waals surface area contributed by atoms with Crippen LogP contribution < -0.4 is 0 Å².